The first-order valence-corrected chi connectivity index (χ1v) is 23.7. The molecule has 3 fully saturated rings. The first-order valence-electron chi connectivity index (χ1n) is 22.9. The summed E-state index contributed by atoms with van der Waals surface area (Å²) < 4.78 is 96.2. The van der Waals surface area contributed by atoms with Gasteiger partial charge < -0.3 is 56.3 Å². The van der Waals surface area contributed by atoms with E-state index < -0.39 is 32.3 Å². The van der Waals surface area contributed by atoms with Crippen molar-refractivity contribution in [2.75, 3.05) is 26.8 Å². The average molecular weight is 1140 g/mol. The Labute approximate surface area is 436 Å². The summed E-state index contributed by atoms with van der Waals surface area (Å²) in [7, 11) is -1.46. The zero-order valence-electron chi connectivity index (χ0n) is 42.5. The fourth-order valence-corrected chi connectivity index (χ4v) is 6.92. The van der Waals surface area contributed by atoms with Crippen molar-refractivity contribution in [1.82, 2.24) is 0 Å². The molecular formula is C50H71B3BrF2IO12. The third-order valence-corrected chi connectivity index (χ3v) is 13.5. The van der Waals surface area contributed by atoms with E-state index in [1.54, 1.807) is 24.3 Å². The number of hydrogen-bond acceptors (Lipinski definition) is 12. The van der Waals surface area contributed by atoms with Gasteiger partial charge in [-0.25, -0.2) is 8.78 Å². The van der Waals surface area contributed by atoms with Crippen molar-refractivity contribution in [3.05, 3.63) is 112 Å². The summed E-state index contributed by atoms with van der Waals surface area (Å²) in [6, 6.07) is 23.0. The molecule has 4 aromatic rings. The van der Waals surface area contributed by atoms with Gasteiger partial charge in [-0.15, -0.1) is 24.0 Å². The number of rotatable bonds is 16. The maximum atomic E-state index is 13.1. The minimum absolute atomic E-state index is 0. The Bertz CT molecular complexity index is 2160. The second kappa shape index (κ2) is 24.8. The molecule has 380 valence electrons. The molecule has 4 aromatic carbocycles. The largest absolute Gasteiger partial charge is 0.495 e. The van der Waals surface area contributed by atoms with Crippen LogP contribution in [0, 0.1) is 11.6 Å². The highest BCUT2D eigenvalue weighted by Crippen LogP contribution is 2.43. The van der Waals surface area contributed by atoms with Gasteiger partial charge in [0.25, 0.3) is 0 Å². The molecule has 3 aliphatic rings. The van der Waals surface area contributed by atoms with E-state index in [2.05, 4.69) is 15.9 Å². The number of benzene rings is 4. The summed E-state index contributed by atoms with van der Waals surface area (Å²) in [4.78, 5) is 0. The predicted octanol–water partition coefficient (Wildman–Crippen LogP) is 12.4. The number of hydrogen-bond donors (Lipinski definition) is 0. The molecule has 3 heterocycles. The van der Waals surface area contributed by atoms with Crippen LogP contribution in [0.15, 0.2) is 89.4 Å². The monoisotopic (exact) mass is 1140 g/mol. The Kier molecular flexibility index (Phi) is 21.2. The van der Waals surface area contributed by atoms with Crippen LogP contribution >= 0.6 is 39.9 Å². The molecule has 0 atom stereocenters. The van der Waals surface area contributed by atoms with E-state index in [1.807, 2.05) is 133 Å². The van der Waals surface area contributed by atoms with Gasteiger partial charge in [-0.1, -0.05) is 22.0 Å². The van der Waals surface area contributed by atoms with E-state index in [0.717, 1.165) is 21.1 Å². The molecule has 0 radical (unpaired) electrons. The zero-order valence-corrected chi connectivity index (χ0v) is 46.4. The zero-order chi connectivity index (χ0) is 50.1. The summed E-state index contributed by atoms with van der Waals surface area (Å²) >= 11 is 3.47. The van der Waals surface area contributed by atoms with Crippen LogP contribution < -0.4 is 14.9 Å². The molecule has 0 unspecified atom stereocenters. The van der Waals surface area contributed by atoms with Crippen molar-refractivity contribution in [3.8, 4) is 23.0 Å². The van der Waals surface area contributed by atoms with Crippen LogP contribution in [-0.4, -0.2) is 81.5 Å². The Morgan fingerprint density at radius 2 is 0.797 bits per heavy atom. The Hall–Kier alpha value is -2.66. The summed E-state index contributed by atoms with van der Waals surface area (Å²) in [5.41, 5.74) is 0.392. The van der Waals surface area contributed by atoms with Gasteiger partial charge in [0.15, 0.2) is 0 Å². The third kappa shape index (κ3) is 15.9. The fraction of sp³-hybridized carbons (Fsp3) is 0.520. The number of halogens is 4. The minimum Gasteiger partial charge on any atom is -0.457 e. The SMILES string of the molecule is CC1(C)OB(B2OC(C)(C)C(C)(C)O2)OC1(C)C.CCOCOCc1cc(Oc2ccc(F)cc2)ccc1B1OC(C)(C)C(C)(C)O1.CCOCOCc1cc(Oc2ccc(F)cc2)ccc1Br.I.[HH]. The lowest BCUT2D eigenvalue weighted by molar-refractivity contribution is -0.0573. The lowest BCUT2D eigenvalue weighted by atomic mass is 9.49. The van der Waals surface area contributed by atoms with E-state index in [-0.39, 0.29) is 73.0 Å². The molecule has 0 N–H and O–H groups in total. The van der Waals surface area contributed by atoms with Gasteiger partial charge >= 0.3 is 21.1 Å². The van der Waals surface area contributed by atoms with E-state index in [1.165, 1.54) is 24.3 Å². The lowest BCUT2D eigenvalue weighted by Gasteiger charge is -2.32. The van der Waals surface area contributed by atoms with Gasteiger partial charge in [-0.2, -0.15) is 0 Å². The third-order valence-electron chi connectivity index (χ3n) is 12.8. The Balaban J connectivity index is 0.000000283. The molecule has 0 bridgehead atoms. The van der Waals surface area contributed by atoms with Crippen LogP contribution in [-0.2, 0) is 60.1 Å². The molecule has 0 saturated carbocycles. The molecular weight excluding hydrogens is 1070 g/mol. The summed E-state index contributed by atoms with van der Waals surface area (Å²) in [5, 5.41) is 0. The fourth-order valence-electron chi connectivity index (χ4n) is 6.56. The molecule has 3 saturated heterocycles. The summed E-state index contributed by atoms with van der Waals surface area (Å²) in [6.45, 7) is 30.5. The van der Waals surface area contributed by atoms with Crippen LogP contribution in [0.5, 0.6) is 23.0 Å². The molecule has 7 rings (SSSR count). The molecule has 0 spiro atoms. The van der Waals surface area contributed by atoms with Gasteiger partial charge in [0.1, 0.15) is 48.2 Å². The molecule has 12 nitrogen and oxygen atoms in total. The molecule has 0 amide bonds. The van der Waals surface area contributed by atoms with Crippen LogP contribution in [0.4, 0.5) is 8.78 Å². The molecule has 69 heavy (non-hydrogen) atoms. The highest BCUT2D eigenvalue weighted by molar-refractivity contribution is 14.0. The Morgan fingerprint density at radius 1 is 0.464 bits per heavy atom. The van der Waals surface area contributed by atoms with Crippen molar-refractivity contribution >= 4 is 66.5 Å². The second-order valence-electron chi connectivity index (χ2n) is 19.5. The Morgan fingerprint density at radius 3 is 1.19 bits per heavy atom. The predicted molar refractivity (Wildman–Crippen MR) is 282 cm³/mol. The maximum absolute atomic E-state index is 13.1. The topological polar surface area (TPSA) is 111 Å². The van der Waals surface area contributed by atoms with Gasteiger partial charge in [0, 0.05) is 19.1 Å². The molecule has 0 aliphatic carbocycles. The molecule has 3 aliphatic heterocycles. The second-order valence-corrected chi connectivity index (χ2v) is 20.3. The van der Waals surface area contributed by atoms with Crippen molar-refractivity contribution in [1.29, 1.82) is 0 Å². The first kappa shape index (κ1) is 58.9. The van der Waals surface area contributed by atoms with E-state index in [9.17, 15) is 8.78 Å². The van der Waals surface area contributed by atoms with Gasteiger partial charge in [0.05, 0.1) is 46.8 Å². The van der Waals surface area contributed by atoms with Crippen LogP contribution in [0.3, 0.4) is 0 Å². The van der Waals surface area contributed by atoms with Gasteiger partial charge in [-0.3, -0.25) is 0 Å². The number of ether oxygens (including phenoxy) is 6. The molecule has 19 heteroatoms. The van der Waals surface area contributed by atoms with E-state index in [4.69, 9.17) is 56.3 Å². The minimum atomic E-state index is -0.509. The van der Waals surface area contributed by atoms with E-state index >= 15 is 0 Å². The smallest absolute Gasteiger partial charge is 0.457 e. The standard InChI is InChI=1S/C22H28BFO5.C16H16BrFO3.C12H24B2O4.HI.H2/c1-6-25-15-26-14-16-13-19(27-18-9-7-17(24)8-10-18)11-12-20(16)23-28-21(2,3)22(4,5)29-23;1-2-19-11-20-10-12-9-15(7-8-16(12)17)21-14-5-3-13(18)4-6-14;1-9(2)10(3,4)16-13(15-9)14-17-11(5,6)12(7,8)18-14;;/h7-13H,6,14-15H2,1-5H3;3-9H,2,10-11H2,1H3;1-8H3;2*1H. The van der Waals surface area contributed by atoms with Crippen LogP contribution in [0.2, 0.25) is 0 Å². The lowest BCUT2D eigenvalue weighted by Crippen LogP contribution is -2.41. The summed E-state index contributed by atoms with van der Waals surface area (Å²) in [6.07, 6.45) is 0. The normalized spacial score (nSPS) is 18.9. The maximum Gasteiger partial charge on any atom is 0.495 e. The van der Waals surface area contributed by atoms with Crippen molar-refractivity contribution in [3.63, 3.8) is 0 Å². The van der Waals surface area contributed by atoms with Crippen LogP contribution in [0.25, 0.3) is 0 Å². The quantitative estimate of drug-likeness (QED) is 0.0461. The van der Waals surface area contributed by atoms with E-state index in [0.29, 0.717) is 49.4 Å². The van der Waals surface area contributed by atoms with Crippen LogP contribution in [0.1, 0.15) is 109 Å². The highest BCUT2D eigenvalue weighted by atomic mass is 127. The highest BCUT2D eigenvalue weighted by Gasteiger charge is 2.63. The van der Waals surface area contributed by atoms with Gasteiger partial charge in [0.2, 0.25) is 0 Å². The summed E-state index contributed by atoms with van der Waals surface area (Å²) in [5.74, 6) is 1.82. The van der Waals surface area contributed by atoms with Crippen molar-refractivity contribution in [2.24, 2.45) is 0 Å². The average Bonchev–Trinajstić information content (AvgIpc) is 3.73. The van der Waals surface area contributed by atoms with Crippen molar-refractivity contribution in [2.45, 2.75) is 144 Å². The molecule has 0 aromatic heterocycles. The first-order chi connectivity index (χ1) is 31.8. The van der Waals surface area contributed by atoms with Gasteiger partial charge in [-0.05, 0) is 192 Å². The van der Waals surface area contributed by atoms with Crippen molar-refractivity contribution < 1.29 is 66.6 Å².